The maximum Gasteiger partial charge on any atom is 0.137 e. The fraction of sp³-hybridized carbons (Fsp3) is 0. The number of hydrogen-bond acceptors (Lipinski definition) is 3. The molecule has 0 N–H and O–H groups in total. The third kappa shape index (κ3) is 3.19. The number of nitrogens with zero attached hydrogens (tertiary/aromatic N) is 4. The maximum atomic E-state index is 9.62. The van der Waals surface area contributed by atoms with Crippen molar-refractivity contribution >= 4 is 65.6 Å². The number of hydrogen-bond donors (Lipinski definition) is 0. The summed E-state index contributed by atoms with van der Waals surface area (Å²) < 4.78 is 10.9. The number of benzene rings is 6. The quantitative estimate of drug-likeness (QED) is 0.216. The zero-order chi connectivity index (χ0) is 28.7. The van der Waals surface area contributed by atoms with E-state index in [9.17, 15) is 10.5 Å². The molecule has 0 saturated heterocycles. The number of fused-ring (bicyclic) bond motifs is 10. The highest BCUT2D eigenvalue weighted by atomic mass is 16.3. The van der Waals surface area contributed by atoms with Gasteiger partial charge in [-0.25, -0.2) is 0 Å². The van der Waals surface area contributed by atoms with E-state index in [-0.39, 0.29) is 0 Å². The van der Waals surface area contributed by atoms with Crippen LogP contribution >= 0.6 is 0 Å². The van der Waals surface area contributed by atoms with Crippen LogP contribution in [0, 0.1) is 22.7 Å². The molecular weight excluding hydrogens is 528 g/mol. The topological polar surface area (TPSA) is 70.6 Å². The van der Waals surface area contributed by atoms with Gasteiger partial charge >= 0.3 is 0 Å². The van der Waals surface area contributed by atoms with Crippen molar-refractivity contribution in [3.05, 3.63) is 132 Å². The first-order valence-electron chi connectivity index (χ1n) is 14.1. The second kappa shape index (κ2) is 8.60. The van der Waals surface area contributed by atoms with Crippen LogP contribution in [0.4, 0.5) is 0 Å². The molecule has 0 aliphatic heterocycles. The monoisotopic (exact) mass is 548 g/mol. The van der Waals surface area contributed by atoms with Crippen molar-refractivity contribution in [1.82, 2.24) is 9.13 Å². The summed E-state index contributed by atoms with van der Waals surface area (Å²) in [5.41, 5.74) is 9.10. The van der Waals surface area contributed by atoms with E-state index in [0.717, 1.165) is 66.2 Å². The lowest BCUT2D eigenvalue weighted by Gasteiger charge is -2.13. The predicted molar refractivity (Wildman–Crippen MR) is 172 cm³/mol. The molecule has 198 valence electrons. The zero-order valence-electron chi connectivity index (χ0n) is 22.7. The third-order valence-electron chi connectivity index (χ3n) is 8.54. The van der Waals surface area contributed by atoms with Crippen LogP contribution in [0.15, 0.2) is 126 Å². The highest BCUT2D eigenvalue weighted by Crippen LogP contribution is 2.41. The van der Waals surface area contributed by atoms with Crippen molar-refractivity contribution in [2.75, 3.05) is 0 Å². The van der Waals surface area contributed by atoms with Crippen molar-refractivity contribution in [1.29, 1.82) is 10.5 Å². The Hall–Kier alpha value is -6.30. The van der Waals surface area contributed by atoms with Gasteiger partial charge in [0.2, 0.25) is 0 Å². The van der Waals surface area contributed by atoms with Crippen LogP contribution < -0.4 is 0 Å². The van der Waals surface area contributed by atoms with Crippen molar-refractivity contribution in [3.8, 4) is 23.5 Å². The van der Waals surface area contributed by atoms with E-state index in [1.54, 1.807) is 0 Å². The molecule has 0 spiro atoms. The molecule has 9 aromatic rings. The Morgan fingerprint density at radius 3 is 1.81 bits per heavy atom. The summed E-state index contributed by atoms with van der Waals surface area (Å²) in [5, 5.41) is 25.7. The van der Waals surface area contributed by atoms with E-state index in [2.05, 4.69) is 94.1 Å². The van der Waals surface area contributed by atoms with Gasteiger partial charge < -0.3 is 13.6 Å². The molecule has 3 heterocycles. The molecule has 5 nitrogen and oxygen atoms in total. The van der Waals surface area contributed by atoms with E-state index in [1.165, 1.54) is 10.8 Å². The Labute approximate surface area is 245 Å². The Bertz CT molecular complexity index is 2630. The number of furan rings is 1. The molecule has 0 saturated carbocycles. The summed E-state index contributed by atoms with van der Waals surface area (Å²) in [5.74, 6) is 0. The van der Waals surface area contributed by atoms with Crippen LogP contribution in [-0.2, 0) is 0 Å². The van der Waals surface area contributed by atoms with Gasteiger partial charge in [0, 0.05) is 38.3 Å². The van der Waals surface area contributed by atoms with Crippen molar-refractivity contribution in [2.24, 2.45) is 0 Å². The summed E-state index contributed by atoms with van der Waals surface area (Å²) in [6, 6.07) is 45.5. The van der Waals surface area contributed by atoms with Gasteiger partial charge in [0.15, 0.2) is 0 Å². The minimum atomic E-state index is 0.587. The molecule has 0 aliphatic rings. The van der Waals surface area contributed by atoms with Gasteiger partial charge in [-0.3, -0.25) is 0 Å². The van der Waals surface area contributed by atoms with Crippen LogP contribution in [0.2, 0.25) is 0 Å². The van der Waals surface area contributed by atoms with Gasteiger partial charge in [0.05, 0.1) is 50.7 Å². The Balaban J connectivity index is 1.39. The molecule has 0 bridgehead atoms. The number of rotatable bonds is 2. The molecule has 0 radical (unpaired) electrons. The number of para-hydroxylation sites is 2. The molecular formula is C38H20N4O. The number of aromatic nitrogens is 2. The molecule has 0 fully saturated rings. The highest BCUT2D eigenvalue weighted by Gasteiger charge is 2.20. The van der Waals surface area contributed by atoms with E-state index >= 15 is 0 Å². The molecule has 43 heavy (non-hydrogen) atoms. The molecule has 9 rings (SSSR count). The fourth-order valence-corrected chi connectivity index (χ4v) is 6.75. The molecule has 5 heteroatoms. The van der Waals surface area contributed by atoms with Gasteiger partial charge in [-0.2, -0.15) is 10.5 Å². The fourth-order valence-electron chi connectivity index (χ4n) is 6.75. The van der Waals surface area contributed by atoms with Crippen LogP contribution in [0.5, 0.6) is 0 Å². The van der Waals surface area contributed by atoms with E-state index in [0.29, 0.717) is 11.1 Å². The third-order valence-corrected chi connectivity index (χ3v) is 8.54. The van der Waals surface area contributed by atoms with Crippen LogP contribution in [0.1, 0.15) is 11.1 Å². The first-order chi connectivity index (χ1) is 21.2. The lowest BCUT2D eigenvalue weighted by molar-refractivity contribution is 0.669. The minimum absolute atomic E-state index is 0.587. The summed E-state index contributed by atoms with van der Waals surface area (Å²) in [6.07, 6.45) is 0. The largest absolute Gasteiger partial charge is 0.456 e. The summed E-state index contributed by atoms with van der Waals surface area (Å²) >= 11 is 0. The summed E-state index contributed by atoms with van der Waals surface area (Å²) in [7, 11) is 0. The first-order valence-corrected chi connectivity index (χ1v) is 14.1. The standard InChI is InChI=1S/C38H20N4O/c39-21-23-12-15-33-30(18-23)31-19-24(22-40)13-16-34(31)41(33)25-6-5-7-26(20-25)42-32-10-3-1-8-27(32)28-14-17-36-37(38(28)42)29-9-2-4-11-35(29)43-36/h1-20H. The number of nitriles is 2. The molecule has 0 atom stereocenters. The van der Waals surface area contributed by atoms with Gasteiger partial charge in [-0.1, -0.05) is 42.5 Å². The Morgan fingerprint density at radius 2 is 1.09 bits per heavy atom. The molecule has 0 aliphatic carbocycles. The molecule has 3 aromatic heterocycles. The second-order valence-electron chi connectivity index (χ2n) is 10.8. The van der Waals surface area contributed by atoms with Crippen molar-refractivity contribution < 1.29 is 4.42 Å². The van der Waals surface area contributed by atoms with E-state index in [4.69, 9.17) is 4.42 Å². The van der Waals surface area contributed by atoms with Crippen LogP contribution in [0.3, 0.4) is 0 Å². The molecule has 6 aromatic carbocycles. The highest BCUT2D eigenvalue weighted by molar-refractivity contribution is 6.24. The summed E-state index contributed by atoms with van der Waals surface area (Å²) in [4.78, 5) is 0. The van der Waals surface area contributed by atoms with Gasteiger partial charge in [0.1, 0.15) is 11.2 Å². The smallest absolute Gasteiger partial charge is 0.137 e. The normalized spacial score (nSPS) is 11.7. The zero-order valence-corrected chi connectivity index (χ0v) is 22.7. The lowest BCUT2D eigenvalue weighted by Crippen LogP contribution is -1.99. The van der Waals surface area contributed by atoms with Gasteiger partial charge in [-0.15, -0.1) is 0 Å². The maximum absolute atomic E-state index is 9.62. The average Bonchev–Trinajstić information content (AvgIpc) is 3.71. The van der Waals surface area contributed by atoms with E-state index < -0.39 is 0 Å². The molecule has 0 unspecified atom stereocenters. The Kier molecular flexibility index (Phi) is 4.68. The van der Waals surface area contributed by atoms with Crippen LogP contribution in [0.25, 0.3) is 76.9 Å². The average molecular weight is 549 g/mol. The van der Waals surface area contributed by atoms with Crippen LogP contribution in [-0.4, -0.2) is 9.13 Å². The van der Waals surface area contributed by atoms with E-state index in [1.807, 2.05) is 48.5 Å². The predicted octanol–water partition coefficient (Wildman–Crippen LogP) is 9.52. The second-order valence-corrected chi connectivity index (χ2v) is 10.8. The SMILES string of the molecule is N#Cc1ccc2c(c1)c1cc(C#N)ccc1n2-c1cccc(-n2c3ccccc3c3ccc4oc5ccccc5c4c32)c1. The summed E-state index contributed by atoms with van der Waals surface area (Å²) in [6.45, 7) is 0. The van der Waals surface area contributed by atoms with Gasteiger partial charge in [-0.05, 0) is 78.9 Å². The van der Waals surface area contributed by atoms with Gasteiger partial charge in [0.25, 0.3) is 0 Å². The van der Waals surface area contributed by atoms with Crippen molar-refractivity contribution in [3.63, 3.8) is 0 Å². The molecule has 0 amide bonds. The lowest BCUT2D eigenvalue weighted by atomic mass is 10.1. The first kappa shape index (κ1) is 23.4. The minimum Gasteiger partial charge on any atom is -0.456 e. The van der Waals surface area contributed by atoms with Crippen molar-refractivity contribution in [2.45, 2.75) is 0 Å². The Morgan fingerprint density at radius 1 is 0.465 bits per heavy atom.